The van der Waals surface area contributed by atoms with Crippen LogP contribution in [0.3, 0.4) is 0 Å². The van der Waals surface area contributed by atoms with Crippen molar-refractivity contribution < 1.29 is 9.90 Å². The van der Waals surface area contributed by atoms with Crippen LogP contribution in [0.5, 0.6) is 0 Å². The molecule has 0 heterocycles. The zero-order valence-corrected chi connectivity index (χ0v) is 10.9. The number of anilines is 1. The summed E-state index contributed by atoms with van der Waals surface area (Å²) in [5, 5.41) is 8.83. The van der Waals surface area contributed by atoms with Crippen LogP contribution in [-0.2, 0) is 4.79 Å². The largest absolute Gasteiger partial charge is 0.387 e. The first-order valence-corrected chi connectivity index (χ1v) is 6.69. The lowest BCUT2D eigenvalue weighted by molar-refractivity contribution is -0.120. The third kappa shape index (κ3) is 2.91. The van der Waals surface area contributed by atoms with Gasteiger partial charge in [0.05, 0.1) is 0 Å². The number of benzene rings is 1. The number of likely N-dealkylation sites (N-methyl/N-ethyl adjacent to an activating group) is 1. The Morgan fingerprint density at radius 2 is 1.83 bits per heavy atom. The lowest BCUT2D eigenvalue weighted by Gasteiger charge is -2.23. The van der Waals surface area contributed by atoms with Crippen molar-refractivity contribution in [2.75, 3.05) is 18.6 Å². The van der Waals surface area contributed by atoms with Crippen molar-refractivity contribution in [2.24, 2.45) is 0 Å². The van der Waals surface area contributed by atoms with E-state index in [1.165, 1.54) is 42.6 Å². The molecule has 1 N–H and O–H groups in total. The molecule has 1 fully saturated rings. The smallest absolute Gasteiger partial charge is 0.252 e. The summed E-state index contributed by atoms with van der Waals surface area (Å²) < 4.78 is 0. The van der Waals surface area contributed by atoms with E-state index in [2.05, 4.69) is 12.1 Å². The normalized spacial score (nSPS) is 16.6. The van der Waals surface area contributed by atoms with E-state index in [4.69, 9.17) is 5.11 Å². The van der Waals surface area contributed by atoms with Crippen LogP contribution >= 0.6 is 0 Å². The Balaban J connectivity index is 2.07. The molecule has 1 aromatic carbocycles. The first-order valence-electron chi connectivity index (χ1n) is 6.69. The summed E-state index contributed by atoms with van der Waals surface area (Å²) in [7, 11) is 1.69. The highest BCUT2D eigenvalue weighted by Crippen LogP contribution is 2.33. The lowest BCUT2D eigenvalue weighted by Crippen LogP contribution is -2.28. The van der Waals surface area contributed by atoms with E-state index >= 15 is 0 Å². The highest BCUT2D eigenvalue weighted by atomic mass is 16.3. The Morgan fingerprint density at radius 3 is 2.39 bits per heavy atom. The SMILES string of the molecule is CN(C(=O)CO)c1ccc(C2CCCCC2)cc1. The molecule has 2 rings (SSSR count). The number of hydrogen-bond acceptors (Lipinski definition) is 2. The van der Waals surface area contributed by atoms with Gasteiger partial charge in [0.2, 0.25) is 0 Å². The summed E-state index contributed by atoms with van der Waals surface area (Å²) in [4.78, 5) is 12.9. The van der Waals surface area contributed by atoms with Crippen molar-refractivity contribution in [1.82, 2.24) is 0 Å². The van der Waals surface area contributed by atoms with Gasteiger partial charge in [-0.25, -0.2) is 0 Å². The molecular weight excluding hydrogens is 226 g/mol. The van der Waals surface area contributed by atoms with E-state index in [9.17, 15) is 4.79 Å². The van der Waals surface area contributed by atoms with Gasteiger partial charge in [0.25, 0.3) is 5.91 Å². The minimum absolute atomic E-state index is 0.277. The average Bonchev–Trinajstić information content (AvgIpc) is 2.47. The Hall–Kier alpha value is -1.35. The maximum Gasteiger partial charge on any atom is 0.252 e. The zero-order valence-electron chi connectivity index (χ0n) is 10.9. The van der Waals surface area contributed by atoms with Crippen molar-refractivity contribution in [1.29, 1.82) is 0 Å². The van der Waals surface area contributed by atoms with Crippen molar-refractivity contribution in [2.45, 2.75) is 38.0 Å². The molecule has 1 saturated carbocycles. The van der Waals surface area contributed by atoms with Gasteiger partial charge in [-0.1, -0.05) is 31.4 Å². The van der Waals surface area contributed by atoms with Gasteiger partial charge in [0, 0.05) is 12.7 Å². The van der Waals surface area contributed by atoms with Crippen LogP contribution in [0.2, 0.25) is 0 Å². The molecule has 1 aliphatic carbocycles. The molecule has 98 valence electrons. The van der Waals surface area contributed by atoms with Crippen LogP contribution in [-0.4, -0.2) is 24.7 Å². The summed E-state index contributed by atoms with van der Waals surface area (Å²) in [5.74, 6) is 0.409. The van der Waals surface area contributed by atoms with E-state index < -0.39 is 6.61 Å². The second-order valence-corrected chi connectivity index (χ2v) is 5.04. The predicted molar refractivity (Wildman–Crippen MR) is 72.8 cm³/mol. The van der Waals surface area contributed by atoms with Crippen molar-refractivity contribution in [3.63, 3.8) is 0 Å². The molecule has 0 unspecified atom stereocenters. The Bertz CT molecular complexity index is 393. The van der Waals surface area contributed by atoms with Gasteiger partial charge in [-0.05, 0) is 36.5 Å². The van der Waals surface area contributed by atoms with Gasteiger partial charge in [-0.3, -0.25) is 4.79 Å². The molecule has 3 heteroatoms. The first-order chi connectivity index (χ1) is 8.72. The van der Waals surface area contributed by atoms with Crippen LogP contribution in [0.25, 0.3) is 0 Å². The standard InChI is InChI=1S/C15H21NO2/c1-16(15(18)11-17)14-9-7-13(8-10-14)12-5-3-2-4-6-12/h7-10,12,17H,2-6,11H2,1H3. The van der Waals surface area contributed by atoms with Crippen LogP contribution in [0.4, 0.5) is 5.69 Å². The third-order valence-electron chi connectivity index (χ3n) is 3.87. The Kier molecular flexibility index (Phi) is 4.37. The fourth-order valence-electron chi connectivity index (χ4n) is 2.66. The number of aliphatic hydroxyl groups excluding tert-OH is 1. The molecular formula is C15H21NO2. The number of carbonyl (C=O) groups excluding carboxylic acids is 1. The number of carbonyl (C=O) groups is 1. The minimum Gasteiger partial charge on any atom is -0.387 e. The molecule has 1 aliphatic rings. The average molecular weight is 247 g/mol. The maximum absolute atomic E-state index is 11.4. The van der Waals surface area contributed by atoms with Gasteiger partial charge in [-0.2, -0.15) is 0 Å². The second-order valence-electron chi connectivity index (χ2n) is 5.04. The number of aliphatic hydroxyl groups is 1. The summed E-state index contributed by atoms with van der Waals surface area (Å²) in [6.07, 6.45) is 6.59. The van der Waals surface area contributed by atoms with Gasteiger partial charge >= 0.3 is 0 Å². The topological polar surface area (TPSA) is 40.5 Å². The number of amides is 1. The fourth-order valence-corrected chi connectivity index (χ4v) is 2.66. The lowest BCUT2D eigenvalue weighted by atomic mass is 9.84. The van der Waals surface area contributed by atoms with Crippen LogP contribution < -0.4 is 4.90 Å². The number of hydrogen-bond donors (Lipinski definition) is 1. The summed E-state index contributed by atoms with van der Waals surface area (Å²) >= 11 is 0. The van der Waals surface area contributed by atoms with E-state index in [1.807, 2.05) is 12.1 Å². The van der Waals surface area contributed by atoms with Crippen molar-refractivity contribution in [3.8, 4) is 0 Å². The van der Waals surface area contributed by atoms with Gasteiger partial charge in [0.1, 0.15) is 6.61 Å². The molecule has 0 spiro atoms. The Morgan fingerprint density at radius 1 is 1.22 bits per heavy atom. The van der Waals surface area contributed by atoms with Crippen molar-refractivity contribution >= 4 is 11.6 Å². The number of rotatable bonds is 3. The van der Waals surface area contributed by atoms with Crippen LogP contribution in [0.1, 0.15) is 43.6 Å². The molecule has 0 aliphatic heterocycles. The summed E-state index contributed by atoms with van der Waals surface area (Å²) in [6.45, 7) is -0.444. The highest BCUT2D eigenvalue weighted by Gasteiger charge is 2.16. The van der Waals surface area contributed by atoms with Crippen molar-refractivity contribution in [3.05, 3.63) is 29.8 Å². The molecule has 0 saturated heterocycles. The number of nitrogens with zero attached hydrogens (tertiary/aromatic N) is 1. The molecule has 0 radical (unpaired) electrons. The molecule has 3 nitrogen and oxygen atoms in total. The second kappa shape index (κ2) is 6.01. The van der Waals surface area contributed by atoms with Crippen LogP contribution in [0.15, 0.2) is 24.3 Å². The predicted octanol–water partition coefficient (Wildman–Crippen LogP) is 2.69. The Labute approximate surface area is 108 Å². The quantitative estimate of drug-likeness (QED) is 0.892. The molecule has 0 bridgehead atoms. The fraction of sp³-hybridized carbons (Fsp3) is 0.533. The summed E-state index contributed by atoms with van der Waals surface area (Å²) in [5.41, 5.74) is 2.22. The molecule has 1 amide bonds. The monoisotopic (exact) mass is 247 g/mol. The molecule has 18 heavy (non-hydrogen) atoms. The van der Waals surface area contributed by atoms with E-state index in [0.717, 1.165) is 5.69 Å². The molecule has 1 aromatic rings. The van der Waals surface area contributed by atoms with E-state index in [-0.39, 0.29) is 5.91 Å². The molecule has 0 aromatic heterocycles. The van der Waals surface area contributed by atoms with Gasteiger partial charge in [-0.15, -0.1) is 0 Å². The maximum atomic E-state index is 11.4. The summed E-state index contributed by atoms with van der Waals surface area (Å²) in [6, 6.07) is 8.17. The highest BCUT2D eigenvalue weighted by molar-refractivity contribution is 5.93. The van der Waals surface area contributed by atoms with Crippen LogP contribution in [0, 0.1) is 0 Å². The van der Waals surface area contributed by atoms with Gasteiger partial charge < -0.3 is 10.0 Å². The minimum atomic E-state index is -0.444. The van der Waals surface area contributed by atoms with E-state index in [1.54, 1.807) is 7.05 Å². The zero-order chi connectivity index (χ0) is 13.0. The third-order valence-corrected chi connectivity index (χ3v) is 3.87. The molecule has 0 atom stereocenters. The first kappa shape index (κ1) is 13.1. The van der Waals surface area contributed by atoms with Gasteiger partial charge in [0.15, 0.2) is 0 Å². The van der Waals surface area contributed by atoms with E-state index in [0.29, 0.717) is 5.92 Å².